The third kappa shape index (κ3) is 9.68. The van der Waals surface area contributed by atoms with Gasteiger partial charge in [-0.3, -0.25) is 9.59 Å². The van der Waals surface area contributed by atoms with Crippen LogP contribution >= 0.6 is 0 Å². The summed E-state index contributed by atoms with van der Waals surface area (Å²) in [5, 5.41) is 0. The lowest BCUT2D eigenvalue weighted by Crippen LogP contribution is -2.47. The topological polar surface area (TPSA) is 45.6 Å². The lowest BCUT2D eigenvalue weighted by atomic mass is 9.94. The first-order valence-electron chi connectivity index (χ1n) is 14.9. The summed E-state index contributed by atoms with van der Waals surface area (Å²) >= 11 is 0. The SMILES string of the molecule is CCCCCCC(=O)N(CCCCC)CC(=O)N(Cc1cccn1Cc1ccccc1)C1CCCCC1. The van der Waals surface area contributed by atoms with Gasteiger partial charge in [0.2, 0.25) is 11.8 Å². The molecule has 0 N–H and O–H groups in total. The van der Waals surface area contributed by atoms with Crippen LogP contribution in [0.5, 0.6) is 0 Å². The molecule has 1 aromatic heterocycles. The molecular formula is C32H49N3O2. The van der Waals surface area contributed by atoms with Crippen molar-refractivity contribution >= 4 is 11.8 Å². The molecule has 5 heteroatoms. The molecule has 1 saturated carbocycles. The largest absolute Gasteiger partial charge is 0.345 e. The quantitative estimate of drug-likeness (QED) is 0.226. The summed E-state index contributed by atoms with van der Waals surface area (Å²) in [6.45, 7) is 6.68. The Kier molecular flexibility index (Phi) is 12.8. The summed E-state index contributed by atoms with van der Waals surface area (Å²) < 4.78 is 2.26. The van der Waals surface area contributed by atoms with Crippen LogP contribution in [0.4, 0.5) is 0 Å². The molecule has 0 saturated heterocycles. The van der Waals surface area contributed by atoms with Crippen molar-refractivity contribution in [2.75, 3.05) is 13.1 Å². The highest BCUT2D eigenvalue weighted by molar-refractivity contribution is 5.85. The minimum atomic E-state index is 0.109. The summed E-state index contributed by atoms with van der Waals surface area (Å²) in [6.07, 6.45) is 15.9. The summed E-state index contributed by atoms with van der Waals surface area (Å²) in [6, 6.07) is 15.0. The Balaban J connectivity index is 1.72. The minimum Gasteiger partial charge on any atom is -0.345 e. The van der Waals surface area contributed by atoms with Gasteiger partial charge in [0.05, 0.1) is 13.1 Å². The van der Waals surface area contributed by atoms with E-state index in [-0.39, 0.29) is 24.4 Å². The second-order valence-corrected chi connectivity index (χ2v) is 10.8. The molecule has 0 radical (unpaired) electrons. The number of hydrogen-bond donors (Lipinski definition) is 0. The normalized spacial score (nSPS) is 14.0. The van der Waals surface area contributed by atoms with Crippen molar-refractivity contribution in [1.29, 1.82) is 0 Å². The summed E-state index contributed by atoms with van der Waals surface area (Å²) in [4.78, 5) is 31.0. The molecule has 1 heterocycles. The average Bonchev–Trinajstić information content (AvgIpc) is 3.36. The highest BCUT2D eigenvalue weighted by Gasteiger charge is 2.28. The molecule has 204 valence electrons. The van der Waals surface area contributed by atoms with E-state index in [9.17, 15) is 9.59 Å². The minimum absolute atomic E-state index is 0.109. The maximum atomic E-state index is 13.9. The van der Waals surface area contributed by atoms with Crippen LogP contribution in [0.1, 0.15) is 109 Å². The van der Waals surface area contributed by atoms with Gasteiger partial charge < -0.3 is 14.4 Å². The zero-order valence-corrected chi connectivity index (χ0v) is 23.4. The van der Waals surface area contributed by atoms with Gasteiger partial charge in [0.25, 0.3) is 0 Å². The summed E-state index contributed by atoms with van der Waals surface area (Å²) in [7, 11) is 0. The predicted octanol–water partition coefficient (Wildman–Crippen LogP) is 7.19. The van der Waals surface area contributed by atoms with Crippen LogP contribution in [-0.4, -0.2) is 45.3 Å². The first-order chi connectivity index (χ1) is 18.1. The highest BCUT2D eigenvalue weighted by atomic mass is 16.2. The fourth-order valence-electron chi connectivity index (χ4n) is 5.48. The molecule has 3 rings (SSSR count). The molecule has 37 heavy (non-hydrogen) atoms. The van der Waals surface area contributed by atoms with Crippen LogP contribution in [-0.2, 0) is 22.7 Å². The summed E-state index contributed by atoms with van der Waals surface area (Å²) in [5.74, 6) is 0.259. The predicted molar refractivity (Wildman–Crippen MR) is 152 cm³/mol. The Labute approximate surface area is 225 Å². The molecule has 1 fully saturated rings. The van der Waals surface area contributed by atoms with Gasteiger partial charge >= 0.3 is 0 Å². The van der Waals surface area contributed by atoms with E-state index < -0.39 is 0 Å². The van der Waals surface area contributed by atoms with E-state index in [4.69, 9.17) is 0 Å². The van der Waals surface area contributed by atoms with Crippen molar-refractivity contribution in [2.24, 2.45) is 0 Å². The molecule has 0 atom stereocenters. The number of amides is 2. The Morgan fingerprint density at radius 2 is 1.57 bits per heavy atom. The van der Waals surface area contributed by atoms with E-state index in [1.54, 1.807) is 0 Å². The van der Waals surface area contributed by atoms with E-state index in [0.717, 1.165) is 63.6 Å². The average molecular weight is 508 g/mol. The van der Waals surface area contributed by atoms with Gasteiger partial charge in [-0.1, -0.05) is 95.5 Å². The molecule has 2 amide bonds. The van der Waals surface area contributed by atoms with Gasteiger partial charge in [0.1, 0.15) is 0 Å². The second kappa shape index (κ2) is 16.3. The standard InChI is InChI=1S/C32H49N3O2/c1-3-5-7-14-22-31(36)34(23-15-6-4-2)27-32(37)35(29-19-12-9-13-20-29)26-30-21-16-24-33(30)25-28-17-10-8-11-18-28/h8,10-11,16-18,21,24,29H,3-7,9,12-15,19-20,22-23,25-27H2,1-2H3. The van der Waals surface area contributed by atoms with Crippen LogP contribution in [0, 0.1) is 0 Å². The third-order valence-corrected chi connectivity index (χ3v) is 7.74. The van der Waals surface area contributed by atoms with Crippen molar-refractivity contribution in [3.63, 3.8) is 0 Å². The van der Waals surface area contributed by atoms with Crippen molar-refractivity contribution in [3.05, 3.63) is 59.9 Å². The molecule has 1 aliphatic carbocycles. The van der Waals surface area contributed by atoms with Gasteiger partial charge in [-0.15, -0.1) is 0 Å². The molecule has 1 aliphatic rings. The first kappa shape index (κ1) is 29.0. The van der Waals surface area contributed by atoms with Crippen LogP contribution < -0.4 is 0 Å². The molecule has 0 aliphatic heterocycles. The van der Waals surface area contributed by atoms with E-state index in [2.05, 4.69) is 65.9 Å². The fraction of sp³-hybridized carbons (Fsp3) is 0.625. The number of unbranched alkanes of at least 4 members (excludes halogenated alkanes) is 5. The number of carbonyl (C=O) groups excluding carboxylic acids is 2. The third-order valence-electron chi connectivity index (χ3n) is 7.74. The van der Waals surface area contributed by atoms with Gasteiger partial charge in [-0.2, -0.15) is 0 Å². The van der Waals surface area contributed by atoms with Gasteiger partial charge in [0, 0.05) is 37.4 Å². The van der Waals surface area contributed by atoms with Crippen molar-refractivity contribution < 1.29 is 9.59 Å². The van der Waals surface area contributed by atoms with Crippen molar-refractivity contribution in [3.8, 4) is 0 Å². The maximum absolute atomic E-state index is 13.9. The number of benzene rings is 1. The van der Waals surface area contributed by atoms with E-state index in [1.807, 2.05) is 11.0 Å². The number of nitrogens with zero attached hydrogens (tertiary/aromatic N) is 3. The number of aromatic nitrogens is 1. The molecule has 5 nitrogen and oxygen atoms in total. The number of hydrogen-bond acceptors (Lipinski definition) is 2. The fourth-order valence-corrected chi connectivity index (χ4v) is 5.48. The Morgan fingerprint density at radius 1 is 0.838 bits per heavy atom. The van der Waals surface area contributed by atoms with Crippen molar-refractivity contribution in [1.82, 2.24) is 14.4 Å². The monoisotopic (exact) mass is 507 g/mol. The van der Waals surface area contributed by atoms with Crippen LogP contribution in [0.3, 0.4) is 0 Å². The lowest BCUT2D eigenvalue weighted by Gasteiger charge is -2.36. The molecule has 0 spiro atoms. The van der Waals surface area contributed by atoms with Crippen LogP contribution in [0.25, 0.3) is 0 Å². The van der Waals surface area contributed by atoms with Crippen molar-refractivity contribution in [2.45, 2.75) is 116 Å². The van der Waals surface area contributed by atoms with Crippen LogP contribution in [0.2, 0.25) is 0 Å². The Hall–Kier alpha value is -2.56. The zero-order valence-electron chi connectivity index (χ0n) is 23.4. The van der Waals surface area contributed by atoms with Gasteiger partial charge in [-0.25, -0.2) is 0 Å². The molecule has 1 aromatic carbocycles. The van der Waals surface area contributed by atoms with E-state index in [0.29, 0.717) is 19.5 Å². The van der Waals surface area contributed by atoms with E-state index in [1.165, 1.54) is 31.2 Å². The summed E-state index contributed by atoms with van der Waals surface area (Å²) in [5.41, 5.74) is 2.41. The Bertz CT molecular complexity index is 917. The zero-order chi connectivity index (χ0) is 26.3. The number of carbonyl (C=O) groups is 2. The van der Waals surface area contributed by atoms with E-state index >= 15 is 0 Å². The second-order valence-electron chi connectivity index (χ2n) is 10.8. The first-order valence-corrected chi connectivity index (χ1v) is 14.9. The smallest absolute Gasteiger partial charge is 0.242 e. The van der Waals surface area contributed by atoms with Gasteiger partial charge in [0.15, 0.2) is 0 Å². The lowest BCUT2D eigenvalue weighted by molar-refractivity contribution is -0.143. The molecule has 0 bridgehead atoms. The maximum Gasteiger partial charge on any atom is 0.242 e. The molecule has 2 aromatic rings. The number of rotatable bonds is 16. The molecular weight excluding hydrogens is 458 g/mol. The molecule has 0 unspecified atom stereocenters. The Morgan fingerprint density at radius 3 is 2.30 bits per heavy atom. The highest BCUT2D eigenvalue weighted by Crippen LogP contribution is 2.25. The van der Waals surface area contributed by atoms with Crippen LogP contribution in [0.15, 0.2) is 48.7 Å². The van der Waals surface area contributed by atoms with Gasteiger partial charge in [-0.05, 0) is 43.4 Å².